The van der Waals surface area contributed by atoms with Gasteiger partial charge in [0.1, 0.15) is 28.2 Å². The van der Waals surface area contributed by atoms with Gasteiger partial charge in [-0.05, 0) is 63.0 Å². The molecule has 0 bridgehead atoms. The van der Waals surface area contributed by atoms with Crippen LogP contribution in [0.25, 0.3) is 33.5 Å². The Hall–Kier alpha value is -4.90. The Labute approximate surface area is 235 Å². The van der Waals surface area contributed by atoms with Crippen LogP contribution in [0.5, 0.6) is 5.75 Å². The molecule has 1 N–H and O–H groups in total. The van der Waals surface area contributed by atoms with E-state index in [1.807, 2.05) is 42.9 Å². The van der Waals surface area contributed by atoms with Crippen molar-refractivity contribution >= 4 is 22.6 Å². The molecule has 208 valence electrons. The zero-order valence-corrected chi connectivity index (χ0v) is 23.0. The minimum Gasteiger partial charge on any atom is -0.494 e. The first-order valence-electron chi connectivity index (χ1n) is 13.4. The summed E-state index contributed by atoms with van der Waals surface area (Å²) < 4.78 is 9.03. The number of nitro benzene ring substituents is 1. The summed E-state index contributed by atoms with van der Waals surface area (Å²) in [6.07, 6.45) is 5.66. The average Bonchev–Trinajstić information content (AvgIpc) is 3.63. The van der Waals surface area contributed by atoms with Crippen LogP contribution < -0.4 is 10.1 Å². The second-order valence-electron chi connectivity index (χ2n) is 10.2. The van der Waals surface area contributed by atoms with E-state index in [0.29, 0.717) is 28.2 Å². The number of nitro groups is 1. The maximum absolute atomic E-state index is 13.7. The number of non-ortho nitro benzene ring substituents is 1. The number of benzene rings is 2. The highest BCUT2D eigenvalue weighted by molar-refractivity contribution is 6.04. The van der Waals surface area contributed by atoms with Crippen LogP contribution in [0.15, 0.2) is 60.9 Å². The molecule has 4 heterocycles. The number of fused-ring (bicyclic) bond motifs is 1. The molecule has 0 radical (unpaired) electrons. The van der Waals surface area contributed by atoms with E-state index in [4.69, 9.17) is 14.8 Å². The molecule has 6 rings (SSSR count). The number of rotatable bonds is 6. The summed E-state index contributed by atoms with van der Waals surface area (Å²) >= 11 is 0. The van der Waals surface area contributed by atoms with Crippen molar-refractivity contribution < 1.29 is 14.5 Å². The van der Waals surface area contributed by atoms with E-state index in [9.17, 15) is 14.9 Å². The molecule has 0 aliphatic carbocycles. The molecular formula is C30H29N7O4. The summed E-state index contributed by atoms with van der Waals surface area (Å²) in [4.78, 5) is 29.4. The molecule has 0 saturated carbocycles. The summed E-state index contributed by atoms with van der Waals surface area (Å²) in [6.45, 7) is 5.95. The van der Waals surface area contributed by atoms with Crippen LogP contribution >= 0.6 is 0 Å². The van der Waals surface area contributed by atoms with Crippen molar-refractivity contribution in [3.63, 3.8) is 0 Å². The second-order valence-corrected chi connectivity index (χ2v) is 10.2. The Balaban J connectivity index is 1.54. The quantitative estimate of drug-likeness (QED) is 0.228. The molecule has 0 spiro atoms. The Morgan fingerprint density at radius 1 is 1.10 bits per heavy atom. The molecule has 0 unspecified atom stereocenters. The number of hydrogen-bond acceptors (Lipinski definition) is 8. The maximum Gasteiger partial charge on any atom is 0.278 e. The molecular weight excluding hydrogens is 522 g/mol. The van der Waals surface area contributed by atoms with E-state index in [2.05, 4.69) is 10.4 Å². The molecule has 0 amide bonds. The standard InChI is InChI=1S/C30H29N7O4/c1-18-5-4-6-24(19(18)2)28-26(41-3)15-25-29(33-28)27(21-16-32-35(17-21)22-11-13-31-14-12-22)34-36(25)30(38)20-7-9-23(10-8-20)37(39)40/h4-10,15-17,22,31H,11-14H2,1-3H3. The van der Waals surface area contributed by atoms with Gasteiger partial charge in [-0.2, -0.15) is 14.9 Å². The number of methoxy groups -OCH3 is 1. The first kappa shape index (κ1) is 26.3. The number of pyridine rings is 1. The molecule has 11 nitrogen and oxygen atoms in total. The van der Waals surface area contributed by atoms with Gasteiger partial charge in [0.05, 0.1) is 24.3 Å². The number of aryl methyl sites for hydroxylation is 1. The Kier molecular flexibility index (Phi) is 6.80. The summed E-state index contributed by atoms with van der Waals surface area (Å²) in [7, 11) is 1.57. The SMILES string of the molecule is COc1cc2c(nc1-c1cccc(C)c1C)c(-c1cnn(C3CCNCC3)c1)nn2C(=O)c1ccc([N+](=O)[O-])cc1. The lowest BCUT2D eigenvalue weighted by Crippen LogP contribution is -2.29. The number of carbonyl (C=O) groups is 1. The largest absolute Gasteiger partial charge is 0.494 e. The highest BCUT2D eigenvalue weighted by atomic mass is 16.6. The third kappa shape index (κ3) is 4.74. The van der Waals surface area contributed by atoms with Gasteiger partial charge in [-0.25, -0.2) is 4.98 Å². The number of piperidine rings is 1. The monoisotopic (exact) mass is 551 g/mol. The van der Waals surface area contributed by atoms with Gasteiger partial charge < -0.3 is 10.1 Å². The highest BCUT2D eigenvalue weighted by Crippen LogP contribution is 2.37. The summed E-state index contributed by atoms with van der Waals surface area (Å²) in [5.74, 6) is 0.0611. The molecule has 1 aliphatic rings. The van der Waals surface area contributed by atoms with E-state index < -0.39 is 10.8 Å². The topological polar surface area (TPSA) is 130 Å². The molecule has 0 atom stereocenters. The fourth-order valence-corrected chi connectivity index (χ4v) is 5.31. The molecule has 1 aliphatic heterocycles. The number of nitrogens with zero attached hydrogens (tertiary/aromatic N) is 6. The van der Waals surface area contributed by atoms with Crippen molar-refractivity contribution in [1.82, 2.24) is 29.9 Å². The van der Waals surface area contributed by atoms with Crippen molar-refractivity contribution in [2.45, 2.75) is 32.7 Å². The first-order chi connectivity index (χ1) is 19.9. The van der Waals surface area contributed by atoms with Gasteiger partial charge in [0.15, 0.2) is 0 Å². The second kappa shape index (κ2) is 10.6. The van der Waals surface area contributed by atoms with Crippen molar-refractivity contribution in [3.8, 4) is 28.3 Å². The fourth-order valence-electron chi connectivity index (χ4n) is 5.31. The number of hydrogen-bond donors (Lipinski definition) is 1. The van der Waals surface area contributed by atoms with Gasteiger partial charge >= 0.3 is 0 Å². The minimum absolute atomic E-state index is 0.0978. The van der Waals surface area contributed by atoms with Crippen LogP contribution in [-0.2, 0) is 0 Å². The molecule has 5 aromatic rings. The number of carbonyl (C=O) groups excluding carboxylic acids is 1. The van der Waals surface area contributed by atoms with Gasteiger partial charge in [-0.15, -0.1) is 0 Å². The third-order valence-electron chi connectivity index (χ3n) is 7.77. The van der Waals surface area contributed by atoms with E-state index in [-0.39, 0.29) is 17.3 Å². The number of ether oxygens (including phenoxy) is 1. The molecule has 11 heteroatoms. The zero-order valence-electron chi connectivity index (χ0n) is 23.0. The van der Waals surface area contributed by atoms with E-state index in [1.54, 1.807) is 19.4 Å². The lowest BCUT2D eigenvalue weighted by molar-refractivity contribution is -0.384. The van der Waals surface area contributed by atoms with Crippen LogP contribution in [0.3, 0.4) is 0 Å². The third-order valence-corrected chi connectivity index (χ3v) is 7.77. The lowest BCUT2D eigenvalue weighted by atomic mass is 9.99. The van der Waals surface area contributed by atoms with E-state index in [0.717, 1.165) is 48.2 Å². The molecule has 1 saturated heterocycles. The molecule has 3 aromatic heterocycles. The summed E-state index contributed by atoms with van der Waals surface area (Å²) in [5, 5.41) is 23.9. The summed E-state index contributed by atoms with van der Waals surface area (Å²) in [6, 6.07) is 13.5. The lowest BCUT2D eigenvalue weighted by Gasteiger charge is -2.22. The van der Waals surface area contributed by atoms with Gasteiger partial charge in [-0.1, -0.05) is 18.2 Å². The smallest absolute Gasteiger partial charge is 0.278 e. The summed E-state index contributed by atoms with van der Waals surface area (Å²) in [5.41, 5.74) is 6.19. The van der Waals surface area contributed by atoms with Crippen LogP contribution in [-0.4, -0.2) is 55.6 Å². The predicted molar refractivity (Wildman–Crippen MR) is 154 cm³/mol. The van der Waals surface area contributed by atoms with Crippen LogP contribution in [0.2, 0.25) is 0 Å². The van der Waals surface area contributed by atoms with Crippen molar-refractivity contribution in [2.24, 2.45) is 0 Å². The fraction of sp³-hybridized carbons (Fsp3) is 0.267. The van der Waals surface area contributed by atoms with Gasteiger partial charge in [0.2, 0.25) is 0 Å². The number of nitrogens with one attached hydrogen (secondary N) is 1. The first-order valence-corrected chi connectivity index (χ1v) is 13.4. The Morgan fingerprint density at radius 3 is 2.56 bits per heavy atom. The Morgan fingerprint density at radius 2 is 1.85 bits per heavy atom. The average molecular weight is 552 g/mol. The van der Waals surface area contributed by atoms with Gasteiger partial charge in [0, 0.05) is 41.1 Å². The Bertz CT molecular complexity index is 1780. The maximum atomic E-state index is 13.7. The van der Waals surface area contributed by atoms with Crippen LogP contribution in [0.1, 0.15) is 40.4 Å². The van der Waals surface area contributed by atoms with E-state index in [1.165, 1.54) is 28.9 Å². The van der Waals surface area contributed by atoms with Crippen molar-refractivity contribution in [2.75, 3.05) is 20.2 Å². The van der Waals surface area contributed by atoms with Crippen molar-refractivity contribution in [1.29, 1.82) is 0 Å². The molecule has 1 fully saturated rings. The molecule has 2 aromatic carbocycles. The van der Waals surface area contributed by atoms with Crippen LogP contribution in [0.4, 0.5) is 5.69 Å². The predicted octanol–water partition coefficient (Wildman–Crippen LogP) is 5.11. The van der Waals surface area contributed by atoms with Gasteiger partial charge in [0.25, 0.3) is 11.6 Å². The number of aromatic nitrogens is 5. The highest BCUT2D eigenvalue weighted by Gasteiger charge is 2.25. The normalized spacial score (nSPS) is 13.9. The molecule has 41 heavy (non-hydrogen) atoms. The van der Waals surface area contributed by atoms with Crippen molar-refractivity contribution in [3.05, 3.63) is 87.7 Å². The zero-order chi connectivity index (χ0) is 28.7. The van der Waals surface area contributed by atoms with E-state index >= 15 is 0 Å². The van der Waals surface area contributed by atoms with Gasteiger partial charge in [-0.3, -0.25) is 19.6 Å². The van der Waals surface area contributed by atoms with Crippen LogP contribution in [0, 0.1) is 24.0 Å². The minimum atomic E-state index is -0.501.